The highest BCUT2D eigenvalue weighted by Crippen LogP contribution is 2.26. The van der Waals surface area contributed by atoms with E-state index in [0.29, 0.717) is 37.1 Å². The monoisotopic (exact) mass is 486 g/mol. The van der Waals surface area contributed by atoms with Gasteiger partial charge < -0.3 is 28.4 Å². The summed E-state index contributed by atoms with van der Waals surface area (Å²) in [6.07, 6.45) is 6.64. The number of likely N-dealkylation sites (tertiary alicyclic amines) is 2. The number of piperidine rings is 2. The summed E-state index contributed by atoms with van der Waals surface area (Å²) in [5.41, 5.74) is 1.61. The Morgan fingerprint density at radius 2 is 1.43 bits per heavy atom. The normalized spacial score (nSPS) is 18.3. The fraction of sp³-hybridized carbons (Fsp3) is 0.654. The molecule has 2 amide bonds. The van der Waals surface area contributed by atoms with Gasteiger partial charge in [-0.05, 0) is 58.9 Å². The van der Waals surface area contributed by atoms with Crippen LogP contribution < -0.4 is 5.56 Å². The van der Waals surface area contributed by atoms with Crippen LogP contribution in [0.3, 0.4) is 0 Å². The van der Waals surface area contributed by atoms with E-state index in [2.05, 4.69) is 0 Å². The zero-order valence-corrected chi connectivity index (χ0v) is 21.8. The van der Waals surface area contributed by atoms with E-state index in [1.807, 2.05) is 44.2 Å². The number of fused-ring (bicyclic) bond motifs is 1. The number of amides is 2. The fourth-order valence-electron chi connectivity index (χ4n) is 5.21. The molecule has 2 aliphatic rings. The van der Waals surface area contributed by atoms with E-state index in [4.69, 9.17) is 9.47 Å². The molecular formula is C26H38N4O5. The Hall–Kier alpha value is -2.81. The molecule has 2 aromatic rings. The molecule has 0 radical (unpaired) electrons. The molecule has 9 heteroatoms. The van der Waals surface area contributed by atoms with E-state index in [9.17, 15) is 14.4 Å². The molecule has 0 aliphatic carbocycles. The lowest BCUT2D eigenvalue weighted by Gasteiger charge is -2.37. The van der Waals surface area contributed by atoms with Gasteiger partial charge in [-0.1, -0.05) is 0 Å². The molecule has 0 bridgehead atoms. The number of hydrogen-bond acceptors (Lipinski definition) is 5. The SMILES string of the molecule is Cc1cn(C)c(=O)c2c(C(=O)N3CCC(OC4CCN(C(=O)OC(C)(C)C)CC4)CC3)cn(C)c12. The third-order valence-corrected chi connectivity index (χ3v) is 6.91. The van der Waals surface area contributed by atoms with E-state index in [-0.39, 0.29) is 29.8 Å². The lowest BCUT2D eigenvalue weighted by Crippen LogP contribution is -2.46. The molecule has 35 heavy (non-hydrogen) atoms. The van der Waals surface area contributed by atoms with Gasteiger partial charge in [0.2, 0.25) is 0 Å². The quantitative estimate of drug-likeness (QED) is 0.665. The molecule has 0 N–H and O–H groups in total. The van der Waals surface area contributed by atoms with Crippen LogP contribution in [0.15, 0.2) is 17.2 Å². The molecule has 192 valence electrons. The second kappa shape index (κ2) is 9.68. The number of carbonyl (C=O) groups is 2. The van der Waals surface area contributed by atoms with Crippen molar-refractivity contribution in [2.75, 3.05) is 26.2 Å². The van der Waals surface area contributed by atoms with Gasteiger partial charge in [0.1, 0.15) is 5.60 Å². The highest BCUT2D eigenvalue weighted by Gasteiger charge is 2.31. The number of carbonyl (C=O) groups excluding carboxylic acids is 2. The van der Waals surface area contributed by atoms with Crippen molar-refractivity contribution in [3.05, 3.63) is 33.9 Å². The van der Waals surface area contributed by atoms with Crippen LogP contribution in [0, 0.1) is 6.92 Å². The van der Waals surface area contributed by atoms with Gasteiger partial charge in [-0.3, -0.25) is 9.59 Å². The van der Waals surface area contributed by atoms with Gasteiger partial charge in [0.15, 0.2) is 0 Å². The van der Waals surface area contributed by atoms with Gasteiger partial charge in [0, 0.05) is 52.7 Å². The van der Waals surface area contributed by atoms with E-state index in [1.54, 1.807) is 28.9 Å². The molecule has 0 aromatic carbocycles. The predicted octanol–water partition coefficient (Wildman–Crippen LogP) is 3.21. The number of ether oxygens (including phenoxy) is 2. The summed E-state index contributed by atoms with van der Waals surface area (Å²) in [6, 6.07) is 0. The zero-order chi connectivity index (χ0) is 25.5. The molecule has 2 fully saturated rings. The molecule has 2 aliphatic heterocycles. The first kappa shape index (κ1) is 25.3. The Morgan fingerprint density at radius 3 is 1.97 bits per heavy atom. The summed E-state index contributed by atoms with van der Waals surface area (Å²) in [6.45, 7) is 10.0. The predicted molar refractivity (Wildman–Crippen MR) is 134 cm³/mol. The third kappa shape index (κ3) is 5.39. The molecule has 4 heterocycles. The van der Waals surface area contributed by atoms with Crippen molar-refractivity contribution in [3.63, 3.8) is 0 Å². The number of aromatic nitrogens is 2. The van der Waals surface area contributed by atoms with Crippen LogP contribution >= 0.6 is 0 Å². The van der Waals surface area contributed by atoms with Crippen molar-refractivity contribution in [2.24, 2.45) is 14.1 Å². The van der Waals surface area contributed by atoms with Crippen LogP contribution in [0.25, 0.3) is 10.9 Å². The second-order valence-electron chi connectivity index (χ2n) is 10.9. The summed E-state index contributed by atoms with van der Waals surface area (Å²) in [7, 11) is 3.59. The van der Waals surface area contributed by atoms with Crippen molar-refractivity contribution >= 4 is 22.9 Å². The van der Waals surface area contributed by atoms with Crippen molar-refractivity contribution < 1.29 is 19.1 Å². The van der Waals surface area contributed by atoms with Gasteiger partial charge in [0.25, 0.3) is 11.5 Å². The van der Waals surface area contributed by atoms with Gasteiger partial charge in [-0.2, -0.15) is 0 Å². The lowest BCUT2D eigenvalue weighted by molar-refractivity contribution is -0.0635. The van der Waals surface area contributed by atoms with E-state index >= 15 is 0 Å². The highest BCUT2D eigenvalue weighted by molar-refractivity contribution is 6.07. The first-order chi connectivity index (χ1) is 16.4. The van der Waals surface area contributed by atoms with Gasteiger partial charge >= 0.3 is 6.09 Å². The number of nitrogens with zero attached hydrogens (tertiary/aromatic N) is 4. The van der Waals surface area contributed by atoms with Gasteiger partial charge in [-0.15, -0.1) is 0 Å². The molecule has 4 rings (SSSR count). The molecule has 9 nitrogen and oxygen atoms in total. The minimum atomic E-state index is -0.492. The third-order valence-electron chi connectivity index (χ3n) is 6.91. The summed E-state index contributed by atoms with van der Waals surface area (Å²) in [5.74, 6) is -0.0950. The second-order valence-corrected chi connectivity index (χ2v) is 10.9. The van der Waals surface area contributed by atoms with E-state index < -0.39 is 5.60 Å². The first-order valence-electron chi connectivity index (χ1n) is 12.5. The Balaban J connectivity index is 1.32. The first-order valence-corrected chi connectivity index (χ1v) is 12.5. The Bertz CT molecular complexity index is 1160. The van der Waals surface area contributed by atoms with Crippen molar-refractivity contribution in [2.45, 2.75) is 71.2 Å². The van der Waals surface area contributed by atoms with Gasteiger partial charge in [-0.25, -0.2) is 4.79 Å². The molecule has 2 aromatic heterocycles. The average Bonchev–Trinajstić information content (AvgIpc) is 3.14. The van der Waals surface area contributed by atoms with Crippen LogP contribution in [0.1, 0.15) is 62.4 Å². The maximum Gasteiger partial charge on any atom is 0.410 e. The maximum absolute atomic E-state index is 13.4. The van der Waals surface area contributed by atoms with Crippen LogP contribution in [-0.4, -0.2) is 74.9 Å². The minimum absolute atomic E-state index is 0.0950. The van der Waals surface area contributed by atoms with Crippen LogP contribution in [0.2, 0.25) is 0 Å². The molecule has 0 spiro atoms. The van der Waals surface area contributed by atoms with Crippen molar-refractivity contribution in [1.29, 1.82) is 0 Å². The Kier molecular flexibility index (Phi) is 6.99. The molecule has 0 saturated carbocycles. The molecular weight excluding hydrogens is 448 g/mol. The van der Waals surface area contributed by atoms with Gasteiger partial charge in [0.05, 0.1) is 28.7 Å². The fourth-order valence-corrected chi connectivity index (χ4v) is 5.21. The Morgan fingerprint density at radius 1 is 0.886 bits per heavy atom. The lowest BCUT2D eigenvalue weighted by atomic mass is 10.0. The summed E-state index contributed by atoms with van der Waals surface area (Å²) < 4.78 is 15.2. The average molecular weight is 487 g/mol. The zero-order valence-electron chi connectivity index (χ0n) is 21.8. The van der Waals surface area contributed by atoms with E-state index in [1.165, 1.54) is 0 Å². The van der Waals surface area contributed by atoms with Crippen molar-refractivity contribution in [3.8, 4) is 0 Å². The molecule has 0 unspecified atom stereocenters. The smallest absolute Gasteiger partial charge is 0.410 e. The maximum atomic E-state index is 13.4. The number of hydrogen-bond donors (Lipinski definition) is 0. The largest absolute Gasteiger partial charge is 0.444 e. The Labute approximate surface area is 206 Å². The van der Waals surface area contributed by atoms with Crippen LogP contribution in [0.4, 0.5) is 4.79 Å². The van der Waals surface area contributed by atoms with Crippen LogP contribution in [-0.2, 0) is 23.6 Å². The standard InChI is InChI=1S/C26H38N4O5/c1-17-15-28(6)24(32)21-20(16-27(5)22(17)21)23(31)29-11-7-18(8-12-29)34-19-9-13-30(14-10-19)25(33)35-26(2,3)4/h15-16,18-19H,7-14H2,1-6H3. The number of pyridine rings is 1. The molecule has 0 atom stereocenters. The summed E-state index contributed by atoms with van der Waals surface area (Å²) in [4.78, 5) is 42.1. The summed E-state index contributed by atoms with van der Waals surface area (Å²) >= 11 is 0. The summed E-state index contributed by atoms with van der Waals surface area (Å²) in [5, 5.41) is 0.495. The van der Waals surface area contributed by atoms with E-state index in [0.717, 1.165) is 36.8 Å². The number of aryl methyl sites for hydroxylation is 3. The number of rotatable bonds is 3. The van der Waals surface area contributed by atoms with Crippen molar-refractivity contribution in [1.82, 2.24) is 18.9 Å². The highest BCUT2D eigenvalue weighted by atomic mass is 16.6. The van der Waals surface area contributed by atoms with Crippen LogP contribution in [0.5, 0.6) is 0 Å². The minimum Gasteiger partial charge on any atom is -0.444 e. The topological polar surface area (TPSA) is 86.0 Å². The molecule has 2 saturated heterocycles.